The van der Waals surface area contributed by atoms with Crippen LogP contribution in [0.2, 0.25) is 0 Å². The number of carbonyl (C=O) groups is 1. The molecule has 1 amide bonds. The number of likely N-dealkylation sites (tertiary alicyclic amines) is 1. The summed E-state index contributed by atoms with van der Waals surface area (Å²) in [6.45, 7) is 5.75. The summed E-state index contributed by atoms with van der Waals surface area (Å²) in [6, 6.07) is 3.79. The molecule has 118 valence electrons. The van der Waals surface area contributed by atoms with Gasteiger partial charge in [-0.2, -0.15) is 4.98 Å². The van der Waals surface area contributed by atoms with Crippen molar-refractivity contribution in [2.75, 3.05) is 13.1 Å². The van der Waals surface area contributed by atoms with Crippen molar-refractivity contribution in [1.82, 2.24) is 15.0 Å². The average molecular weight is 319 g/mol. The lowest BCUT2D eigenvalue weighted by atomic mass is 9.98. The first-order valence-corrected chi connectivity index (χ1v) is 8.66. The van der Waals surface area contributed by atoms with Crippen LogP contribution in [0.15, 0.2) is 22.0 Å². The van der Waals surface area contributed by atoms with Gasteiger partial charge in [0.2, 0.25) is 5.89 Å². The second-order valence-electron chi connectivity index (χ2n) is 6.21. The third-order valence-electron chi connectivity index (χ3n) is 3.86. The van der Waals surface area contributed by atoms with Gasteiger partial charge in [-0.1, -0.05) is 25.1 Å². The normalized spacial score (nSPS) is 18.9. The van der Waals surface area contributed by atoms with Gasteiger partial charge < -0.3 is 9.42 Å². The predicted octanol–water partition coefficient (Wildman–Crippen LogP) is 3.35. The van der Waals surface area contributed by atoms with Crippen LogP contribution in [0, 0.1) is 5.92 Å². The van der Waals surface area contributed by atoms with Crippen LogP contribution in [0.25, 0.3) is 0 Å². The molecule has 2 aromatic rings. The summed E-state index contributed by atoms with van der Waals surface area (Å²) < 4.78 is 5.43. The van der Waals surface area contributed by atoms with Crippen LogP contribution in [0.1, 0.15) is 54.0 Å². The van der Waals surface area contributed by atoms with Gasteiger partial charge >= 0.3 is 0 Å². The van der Waals surface area contributed by atoms with E-state index >= 15 is 0 Å². The Hall–Kier alpha value is -1.69. The van der Waals surface area contributed by atoms with E-state index in [-0.39, 0.29) is 11.8 Å². The number of nitrogens with zero attached hydrogens (tertiary/aromatic N) is 3. The number of hydrogen-bond donors (Lipinski definition) is 0. The molecule has 1 aliphatic heterocycles. The van der Waals surface area contributed by atoms with E-state index in [1.807, 2.05) is 22.4 Å². The summed E-state index contributed by atoms with van der Waals surface area (Å²) in [6.07, 6.45) is 2.80. The Morgan fingerprint density at radius 1 is 1.55 bits per heavy atom. The molecule has 0 unspecified atom stereocenters. The van der Waals surface area contributed by atoms with Crippen LogP contribution in [-0.4, -0.2) is 34.0 Å². The second-order valence-corrected chi connectivity index (χ2v) is 7.16. The van der Waals surface area contributed by atoms with Crippen molar-refractivity contribution in [3.8, 4) is 0 Å². The molecular weight excluding hydrogens is 298 g/mol. The average Bonchev–Trinajstić information content (AvgIpc) is 3.17. The molecule has 1 aliphatic rings. The van der Waals surface area contributed by atoms with Gasteiger partial charge in [0.1, 0.15) is 0 Å². The van der Waals surface area contributed by atoms with Crippen molar-refractivity contribution < 1.29 is 9.32 Å². The SMILES string of the molecule is CC(C)Cc1noc([C@H]2CCCN(C(=O)c3cccs3)C2)n1. The minimum absolute atomic E-state index is 0.113. The van der Waals surface area contributed by atoms with Gasteiger partial charge in [-0.25, -0.2) is 0 Å². The van der Waals surface area contributed by atoms with Crippen LogP contribution in [0.5, 0.6) is 0 Å². The van der Waals surface area contributed by atoms with E-state index in [1.54, 1.807) is 0 Å². The van der Waals surface area contributed by atoms with Crippen LogP contribution in [0.4, 0.5) is 0 Å². The van der Waals surface area contributed by atoms with Gasteiger partial charge in [0, 0.05) is 19.5 Å². The fourth-order valence-electron chi connectivity index (χ4n) is 2.80. The van der Waals surface area contributed by atoms with Gasteiger partial charge in [0.25, 0.3) is 5.91 Å². The van der Waals surface area contributed by atoms with E-state index < -0.39 is 0 Å². The number of piperidine rings is 1. The molecule has 0 aromatic carbocycles. The maximum atomic E-state index is 12.5. The van der Waals surface area contributed by atoms with E-state index in [2.05, 4.69) is 24.0 Å². The van der Waals surface area contributed by atoms with Gasteiger partial charge in [0.15, 0.2) is 5.82 Å². The fraction of sp³-hybridized carbons (Fsp3) is 0.562. The highest BCUT2D eigenvalue weighted by Crippen LogP contribution is 2.27. The summed E-state index contributed by atoms with van der Waals surface area (Å²) in [5.74, 6) is 2.23. The maximum absolute atomic E-state index is 12.5. The largest absolute Gasteiger partial charge is 0.339 e. The van der Waals surface area contributed by atoms with Gasteiger partial charge in [0.05, 0.1) is 10.8 Å². The van der Waals surface area contributed by atoms with Crippen LogP contribution in [-0.2, 0) is 6.42 Å². The van der Waals surface area contributed by atoms with Crippen molar-refractivity contribution in [2.24, 2.45) is 5.92 Å². The molecule has 1 atom stereocenters. The molecule has 0 aliphatic carbocycles. The highest BCUT2D eigenvalue weighted by atomic mass is 32.1. The van der Waals surface area contributed by atoms with Crippen molar-refractivity contribution in [2.45, 2.75) is 39.0 Å². The zero-order valence-corrected chi connectivity index (χ0v) is 13.8. The monoisotopic (exact) mass is 319 g/mol. The lowest BCUT2D eigenvalue weighted by molar-refractivity contribution is 0.0700. The summed E-state index contributed by atoms with van der Waals surface area (Å²) in [4.78, 5) is 19.7. The first-order chi connectivity index (χ1) is 10.6. The maximum Gasteiger partial charge on any atom is 0.263 e. The molecule has 3 rings (SSSR count). The first kappa shape index (κ1) is 15.2. The molecule has 0 radical (unpaired) electrons. The number of thiophene rings is 1. The highest BCUT2D eigenvalue weighted by Gasteiger charge is 2.29. The summed E-state index contributed by atoms with van der Waals surface area (Å²) in [7, 11) is 0. The van der Waals surface area contributed by atoms with Crippen molar-refractivity contribution in [3.63, 3.8) is 0 Å². The molecule has 6 heteroatoms. The number of hydrogen-bond acceptors (Lipinski definition) is 5. The van der Waals surface area contributed by atoms with Crippen LogP contribution < -0.4 is 0 Å². The summed E-state index contributed by atoms with van der Waals surface area (Å²) in [5, 5.41) is 6.00. The molecule has 0 bridgehead atoms. The number of amides is 1. The molecule has 1 fully saturated rings. The van der Waals surface area contributed by atoms with Gasteiger partial charge in [-0.05, 0) is 30.2 Å². The fourth-order valence-corrected chi connectivity index (χ4v) is 3.49. The molecule has 22 heavy (non-hydrogen) atoms. The summed E-state index contributed by atoms with van der Waals surface area (Å²) >= 11 is 1.49. The predicted molar refractivity (Wildman–Crippen MR) is 85.0 cm³/mol. The second kappa shape index (κ2) is 6.60. The van der Waals surface area contributed by atoms with Crippen molar-refractivity contribution in [3.05, 3.63) is 34.1 Å². The number of rotatable bonds is 4. The Labute approximate surface area is 134 Å². The lowest BCUT2D eigenvalue weighted by Crippen LogP contribution is -2.38. The molecule has 2 aromatic heterocycles. The third kappa shape index (κ3) is 3.38. The Kier molecular flexibility index (Phi) is 4.57. The topological polar surface area (TPSA) is 59.2 Å². The van der Waals surface area contributed by atoms with Crippen molar-refractivity contribution >= 4 is 17.2 Å². The number of carbonyl (C=O) groups excluding carboxylic acids is 1. The first-order valence-electron chi connectivity index (χ1n) is 7.78. The Balaban J connectivity index is 1.67. The molecule has 0 saturated carbocycles. The number of aromatic nitrogens is 2. The summed E-state index contributed by atoms with van der Waals surface area (Å²) in [5.41, 5.74) is 0. The zero-order valence-electron chi connectivity index (χ0n) is 13.0. The smallest absolute Gasteiger partial charge is 0.263 e. The van der Waals surface area contributed by atoms with E-state index in [9.17, 15) is 4.79 Å². The minimum Gasteiger partial charge on any atom is -0.339 e. The van der Waals surface area contributed by atoms with Gasteiger partial charge in [-0.15, -0.1) is 11.3 Å². The molecule has 5 nitrogen and oxygen atoms in total. The zero-order chi connectivity index (χ0) is 15.5. The lowest BCUT2D eigenvalue weighted by Gasteiger charge is -2.30. The van der Waals surface area contributed by atoms with Crippen LogP contribution >= 0.6 is 11.3 Å². The Morgan fingerprint density at radius 3 is 3.14 bits per heavy atom. The molecule has 0 spiro atoms. The molecular formula is C16H21N3O2S. The quantitative estimate of drug-likeness (QED) is 0.867. The van der Waals surface area contributed by atoms with Crippen LogP contribution in [0.3, 0.4) is 0 Å². The third-order valence-corrected chi connectivity index (χ3v) is 4.72. The van der Waals surface area contributed by atoms with Gasteiger partial charge in [-0.3, -0.25) is 4.79 Å². The van der Waals surface area contributed by atoms with E-state index in [4.69, 9.17) is 4.52 Å². The van der Waals surface area contributed by atoms with E-state index in [0.29, 0.717) is 18.4 Å². The highest BCUT2D eigenvalue weighted by molar-refractivity contribution is 7.12. The van der Waals surface area contributed by atoms with E-state index in [0.717, 1.165) is 36.5 Å². The van der Waals surface area contributed by atoms with E-state index in [1.165, 1.54) is 11.3 Å². The molecule has 0 N–H and O–H groups in total. The van der Waals surface area contributed by atoms with Crippen molar-refractivity contribution in [1.29, 1.82) is 0 Å². The standard InChI is InChI=1S/C16H21N3O2S/c1-11(2)9-14-17-15(21-18-14)12-5-3-7-19(10-12)16(20)13-6-4-8-22-13/h4,6,8,11-12H,3,5,7,9-10H2,1-2H3/t12-/m0/s1. The Morgan fingerprint density at radius 2 is 2.41 bits per heavy atom. The Bertz CT molecular complexity index is 621. The minimum atomic E-state index is 0.113. The molecule has 1 saturated heterocycles. The molecule has 3 heterocycles.